The number of aromatic nitrogens is 3. The van der Waals surface area contributed by atoms with Gasteiger partial charge >= 0.3 is 0 Å². The highest BCUT2D eigenvalue weighted by Gasteiger charge is 1.92. The summed E-state index contributed by atoms with van der Waals surface area (Å²) >= 11 is 3.32. The van der Waals surface area contributed by atoms with E-state index in [-0.39, 0.29) is 0 Å². The van der Waals surface area contributed by atoms with E-state index in [4.69, 9.17) is 8.94 Å². The lowest BCUT2D eigenvalue weighted by Crippen LogP contribution is -1.61. The van der Waals surface area contributed by atoms with Crippen LogP contribution in [0.3, 0.4) is 0 Å². The van der Waals surface area contributed by atoms with Gasteiger partial charge in [-0.25, -0.2) is 0 Å². The lowest BCUT2D eigenvalue weighted by Gasteiger charge is -1.83. The van der Waals surface area contributed by atoms with Crippen LogP contribution >= 0.6 is 22.9 Å². The van der Waals surface area contributed by atoms with E-state index in [1.165, 1.54) is 42.6 Å². The van der Waals surface area contributed by atoms with E-state index in [0.29, 0.717) is 0 Å². The minimum atomic E-state index is 0.845. The maximum atomic E-state index is 5.12. The molecule has 10 aromatic rings. The first-order valence-electron chi connectivity index (χ1n) is 14.3. The highest BCUT2D eigenvalue weighted by Crippen LogP contribution is 2.19. The lowest BCUT2D eigenvalue weighted by atomic mass is 10.3. The van der Waals surface area contributed by atoms with Crippen molar-refractivity contribution in [3.8, 4) is 0 Å². The van der Waals surface area contributed by atoms with Gasteiger partial charge in [-0.3, -0.25) is 0 Å². The molecule has 0 bridgehead atoms. The van der Waals surface area contributed by atoms with E-state index in [0.717, 1.165) is 21.9 Å². The molecule has 1 N–H and O–H groups in total. The fourth-order valence-electron chi connectivity index (χ4n) is 4.43. The molecule has 45 heavy (non-hydrogen) atoms. The van der Waals surface area contributed by atoms with Crippen LogP contribution in [0.5, 0.6) is 0 Å². The third-order valence-corrected chi connectivity index (χ3v) is 8.39. The van der Waals surface area contributed by atoms with Crippen molar-refractivity contribution in [2.24, 2.45) is 0 Å². The maximum Gasteiger partial charge on any atom is 0.166 e. The average molecular weight is 624 g/mol. The van der Waals surface area contributed by atoms with Crippen LogP contribution in [0.1, 0.15) is 0 Å². The van der Waals surface area contributed by atoms with Gasteiger partial charge in [-0.2, -0.15) is 4.37 Å². The summed E-state index contributed by atoms with van der Waals surface area (Å²) in [5.41, 5.74) is 3.01. The maximum absolute atomic E-state index is 5.12. The van der Waals surface area contributed by atoms with E-state index in [1.807, 2.05) is 91.3 Å². The van der Waals surface area contributed by atoms with Crippen molar-refractivity contribution in [1.29, 1.82) is 0 Å². The predicted molar refractivity (Wildman–Crippen MR) is 190 cm³/mol. The second-order valence-corrected chi connectivity index (χ2v) is 11.5. The third kappa shape index (κ3) is 8.12. The molecular weight excluding hydrogens is 595 g/mol. The van der Waals surface area contributed by atoms with Gasteiger partial charge in [0.1, 0.15) is 5.58 Å². The Kier molecular flexibility index (Phi) is 10.0. The molecule has 5 aromatic carbocycles. The van der Waals surface area contributed by atoms with E-state index in [2.05, 4.69) is 80.6 Å². The Bertz CT molecular complexity index is 1790. The van der Waals surface area contributed by atoms with Crippen LogP contribution in [0.25, 0.3) is 53.0 Å². The number of rotatable bonds is 0. The molecule has 5 aromatic heterocycles. The first-order valence-corrected chi connectivity index (χ1v) is 15.9. The minimum Gasteiger partial charge on any atom is -0.464 e. The van der Waals surface area contributed by atoms with Crippen LogP contribution in [-0.2, 0) is 0 Å². The summed E-state index contributed by atoms with van der Waals surface area (Å²) in [4.78, 5) is 3.12. The summed E-state index contributed by atoms with van der Waals surface area (Å²) in [5.74, 6) is 0. The number of para-hydroxylation sites is 3. The number of nitrogens with zero attached hydrogens (tertiary/aromatic N) is 2. The number of H-pyrrole nitrogens is 1. The summed E-state index contributed by atoms with van der Waals surface area (Å²) in [7, 11) is 0. The van der Waals surface area contributed by atoms with Gasteiger partial charge in [-0.15, -0.1) is 11.3 Å². The van der Waals surface area contributed by atoms with E-state index in [9.17, 15) is 0 Å². The molecule has 0 atom stereocenters. The molecule has 7 heteroatoms. The van der Waals surface area contributed by atoms with Crippen LogP contribution in [0.4, 0.5) is 0 Å². The molecule has 0 aliphatic heterocycles. The average Bonchev–Trinajstić information content (AvgIpc) is 3.95. The number of benzene rings is 5. The summed E-state index contributed by atoms with van der Waals surface area (Å²) in [6.07, 6.45) is 7.24. The summed E-state index contributed by atoms with van der Waals surface area (Å²) < 4.78 is 16.7. The number of fused-ring (bicyclic) bond motifs is 5. The fraction of sp³-hybridized carbons (Fsp3) is 0. The largest absolute Gasteiger partial charge is 0.464 e. The summed E-state index contributed by atoms with van der Waals surface area (Å²) in [5, 5.41) is 11.8. The zero-order valence-electron chi connectivity index (χ0n) is 24.2. The lowest BCUT2D eigenvalue weighted by molar-refractivity contribution is 0.456. The fourth-order valence-corrected chi connectivity index (χ4v) is 5.86. The predicted octanol–water partition coefficient (Wildman–Crippen LogP) is 11.6. The number of hydrogen-bond donors (Lipinski definition) is 1. The Labute approximate surface area is 268 Å². The Balaban J connectivity index is 0.0000000992. The first kappa shape index (κ1) is 29.6. The number of nitrogens with one attached hydrogen (secondary N) is 1. The van der Waals surface area contributed by atoms with Crippen LogP contribution in [0.2, 0.25) is 0 Å². The van der Waals surface area contributed by atoms with Crippen LogP contribution < -0.4 is 0 Å². The second kappa shape index (κ2) is 15.3. The minimum absolute atomic E-state index is 0.845. The zero-order valence-corrected chi connectivity index (χ0v) is 25.8. The number of thiophene rings is 1. The van der Waals surface area contributed by atoms with Crippen molar-refractivity contribution >= 4 is 75.9 Å². The van der Waals surface area contributed by atoms with Gasteiger partial charge in [-0.05, 0) is 82.3 Å². The van der Waals surface area contributed by atoms with Crippen LogP contribution in [-0.4, -0.2) is 14.5 Å². The number of aromatic amines is 1. The van der Waals surface area contributed by atoms with Gasteiger partial charge in [0.25, 0.3) is 0 Å². The van der Waals surface area contributed by atoms with E-state index < -0.39 is 0 Å². The SMILES string of the molecule is c1ccc2[nH]ccc2c1.c1ccc2occc2c1.c1ccc2oncc2c1.c1ccc2sccc2c1.c1ccc2sncc2c1. The summed E-state index contributed by atoms with van der Waals surface area (Å²) in [6, 6.07) is 46.7. The molecule has 0 aliphatic rings. The van der Waals surface area contributed by atoms with Crippen LogP contribution in [0, 0.1) is 0 Å². The second-order valence-electron chi connectivity index (χ2n) is 9.71. The molecule has 5 nitrogen and oxygen atoms in total. The van der Waals surface area contributed by atoms with Crippen molar-refractivity contribution in [3.63, 3.8) is 0 Å². The van der Waals surface area contributed by atoms with Gasteiger partial charge in [-0.1, -0.05) is 90.1 Å². The Morgan fingerprint density at radius 1 is 0.511 bits per heavy atom. The first-order chi connectivity index (χ1) is 22.3. The molecule has 0 spiro atoms. The van der Waals surface area contributed by atoms with Crippen molar-refractivity contribution < 1.29 is 8.94 Å². The molecule has 0 amide bonds. The molecule has 0 radical (unpaired) electrons. The van der Waals surface area contributed by atoms with Gasteiger partial charge < -0.3 is 13.9 Å². The van der Waals surface area contributed by atoms with Gasteiger partial charge in [0.2, 0.25) is 0 Å². The molecule has 0 fully saturated rings. The molecule has 10 rings (SSSR count). The molecule has 5 heterocycles. The topological polar surface area (TPSA) is 67.8 Å². The standard InChI is InChI=1S/C8H7N.C8H6O.C8H6S.C7H5NO.C7H5NS/c3*1-2-4-8-7(3-1)5-6-9-8;2*1-2-4-7-6(3-1)5-8-9-7/h1-6,9H;2*1-6H;2*1-5H. The number of furan rings is 1. The molecule has 220 valence electrons. The van der Waals surface area contributed by atoms with Crippen molar-refractivity contribution in [3.05, 3.63) is 170 Å². The van der Waals surface area contributed by atoms with Gasteiger partial charge in [0.15, 0.2) is 5.58 Å². The molecule has 0 unspecified atom stereocenters. The van der Waals surface area contributed by atoms with Crippen molar-refractivity contribution in [2.75, 3.05) is 0 Å². The van der Waals surface area contributed by atoms with Gasteiger partial charge in [0, 0.05) is 38.8 Å². The summed E-state index contributed by atoms with van der Waals surface area (Å²) in [6.45, 7) is 0. The molecule has 0 saturated carbocycles. The Morgan fingerprint density at radius 2 is 1.18 bits per heavy atom. The Morgan fingerprint density at radius 3 is 1.93 bits per heavy atom. The monoisotopic (exact) mass is 623 g/mol. The number of hydrogen-bond acceptors (Lipinski definition) is 6. The molecular formula is C38H29N3O2S2. The quantitative estimate of drug-likeness (QED) is 0.182. The van der Waals surface area contributed by atoms with E-state index in [1.54, 1.807) is 23.8 Å². The van der Waals surface area contributed by atoms with Crippen molar-refractivity contribution in [1.82, 2.24) is 14.5 Å². The van der Waals surface area contributed by atoms with Crippen LogP contribution in [0.15, 0.2) is 179 Å². The third-order valence-electron chi connectivity index (χ3n) is 6.71. The normalized spacial score (nSPS) is 10.2. The highest BCUT2D eigenvalue weighted by molar-refractivity contribution is 7.17. The molecule has 0 aliphatic carbocycles. The van der Waals surface area contributed by atoms with Crippen molar-refractivity contribution in [2.45, 2.75) is 0 Å². The zero-order chi connectivity index (χ0) is 30.5. The Hall–Kier alpha value is -5.50. The highest BCUT2D eigenvalue weighted by atomic mass is 32.1. The molecule has 0 saturated heterocycles. The van der Waals surface area contributed by atoms with E-state index >= 15 is 0 Å². The smallest absolute Gasteiger partial charge is 0.166 e. The van der Waals surface area contributed by atoms with Gasteiger partial charge in [0.05, 0.1) is 17.2 Å².